The predicted octanol–water partition coefficient (Wildman–Crippen LogP) is 0.880. The SMILES string of the molecule is COc1cccc(SCC(=O)N2C[C@@H]3CC(=O)NCCN(C)C(=O)c4cccn(c4=O)Cc4cn(nn4)[C@@H]3C2)c1. The Morgan fingerprint density at radius 1 is 1.18 bits per heavy atom. The summed E-state index contributed by atoms with van der Waals surface area (Å²) in [5.74, 6) is 0.174. The number of rotatable bonds is 4. The molecule has 4 bridgehead atoms. The van der Waals surface area contributed by atoms with Crippen molar-refractivity contribution >= 4 is 29.5 Å². The summed E-state index contributed by atoms with van der Waals surface area (Å²) in [6.07, 6.45) is 3.55. The molecule has 12 nitrogen and oxygen atoms in total. The van der Waals surface area contributed by atoms with Crippen LogP contribution in [0, 0.1) is 5.92 Å². The minimum absolute atomic E-state index is 0.0320. The van der Waals surface area contributed by atoms with Crippen LogP contribution in [0.1, 0.15) is 28.5 Å². The molecule has 0 aliphatic carbocycles. The Hall–Kier alpha value is -4.13. The normalized spacial score (nSPS) is 19.8. The van der Waals surface area contributed by atoms with Gasteiger partial charge in [0.1, 0.15) is 17.0 Å². The lowest BCUT2D eigenvalue weighted by molar-refractivity contribution is -0.128. The summed E-state index contributed by atoms with van der Waals surface area (Å²) in [6.45, 7) is 1.44. The molecular formula is C27H31N7O5S. The van der Waals surface area contributed by atoms with E-state index in [9.17, 15) is 19.2 Å². The van der Waals surface area contributed by atoms with Crippen molar-refractivity contribution in [2.45, 2.75) is 23.9 Å². The van der Waals surface area contributed by atoms with Crippen molar-refractivity contribution < 1.29 is 19.1 Å². The third kappa shape index (κ3) is 6.03. The lowest BCUT2D eigenvalue weighted by atomic mass is 9.99. The maximum absolute atomic E-state index is 13.2. The van der Waals surface area contributed by atoms with Crippen LogP contribution in [-0.2, 0) is 16.1 Å². The second-order valence-corrected chi connectivity index (χ2v) is 11.0. The molecule has 3 aromatic rings. The summed E-state index contributed by atoms with van der Waals surface area (Å²) in [5, 5.41) is 11.4. The Labute approximate surface area is 235 Å². The van der Waals surface area contributed by atoms with Gasteiger partial charge in [-0.1, -0.05) is 11.3 Å². The Bertz CT molecular complexity index is 1470. The van der Waals surface area contributed by atoms with Crippen LogP contribution in [0.3, 0.4) is 0 Å². The van der Waals surface area contributed by atoms with Gasteiger partial charge in [0.05, 0.1) is 31.6 Å². The highest BCUT2D eigenvalue weighted by atomic mass is 32.2. The summed E-state index contributed by atoms with van der Waals surface area (Å²) < 4.78 is 8.39. The van der Waals surface area contributed by atoms with Crippen LogP contribution in [0.2, 0.25) is 0 Å². The number of carbonyl (C=O) groups excluding carboxylic acids is 3. The number of nitrogens with zero attached hydrogens (tertiary/aromatic N) is 6. The zero-order valence-corrected chi connectivity index (χ0v) is 23.2. The van der Waals surface area contributed by atoms with E-state index in [2.05, 4.69) is 15.6 Å². The molecule has 4 heterocycles. The van der Waals surface area contributed by atoms with Crippen LogP contribution in [0.15, 0.2) is 58.5 Å². The van der Waals surface area contributed by atoms with Gasteiger partial charge >= 0.3 is 0 Å². The summed E-state index contributed by atoms with van der Waals surface area (Å²) >= 11 is 1.43. The molecule has 1 saturated heterocycles. The maximum Gasteiger partial charge on any atom is 0.263 e. The van der Waals surface area contributed by atoms with Gasteiger partial charge in [-0.25, -0.2) is 4.68 Å². The first kappa shape index (κ1) is 27.4. The van der Waals surface area contributed by atoms with Gasteiger partial charge in [-0.15, -0.1) is 16.9 Å². The fourth-order valence-electron chi connectivity index (χ4n) is 5.01. The summed E-state index contributed by atoms with van der Waals surface area (Å²) in [5.41, 5.74) is 0.162. The average molecular weight is 566 g/mol. The number of nitrogens with one attached hydrogen (secondary N) is 1. The molecule has 1 N–H and O–H groups in total. The average Bonchev–Trinajstić information content (AvgIpc) is 3.59. The van der Waals surface area contributed by atoms with Crippen molar-refractivity contribution in [3.05, 3.63) is 70.4 Å². The smallest absolute Gasteiger partial charge is 0.263 e. The van der Waals surface area contributed by atoms with Gasteiger partial charge in [-0.2, -0.15) is 0 Å². The quantitative estimate of drug-likeness (QED) is 0.462. The van der Waals surface area contributed by atoms with Gasteiger partial charge in [0, 0.05) is 56.7 Å². The highest BCUT2D eigenvalue weighted by molar-refractivity contribution is 8.00. The number of hydrogen-bond donors (Lipinski definition) is 1. The van der Waals surface area contributed by atoms with E-state index < -0.39 is 11.5 Å². The summed E-state index contributed by atoms with van der Waals surface area (Å²) in [7, 11) is 3.20. The van der Waals surface area contributed by atoms with Gasteiger partial charge in [0.15, 0.2) is 0 Å². The van der Waals surface area contributed by atoms with Crippen LogP contribution in [0.5, 0.6) is 5.75 Å². The first-order valence-corrected chi connectivity index (χ1v) is 14.0. The number of fused-ring (bicyclic) bond motifs is 6. The zero-order chi connectivity index (χ0) is 28.2. The number of likely N-dealkylation sites (N-methyl/N-ethyl adjacent to an activating group) is 1. The van der Waals surface area contributed by atoms with E-state index in [4.69, 9.17) is 4.74 Å². The van der Waals surface area contributed by atoms with E-state index in [1.165, 1.54) is 27.3 Å². The molecule has 2 aliphatic heterocycles. The monoisotopic (exact) mass is 565 g/mol. The van der Waals surface area contributed by atoms with E-state index in [1.807, 2.05) is 24.3 Å². The summed E-state index contributed by atoms with van der Waals surface area (Å²) in [6, 6.07) is 10.5. The van der Waals surface area contributed by atoms with Crippen molar-refractivity contribution in [1.82, 2.24) is 34.7 Å². The minimum Gasteiger partial charge on any atom is -0.497 e. The topological polar surface area (TPSA) is 132 Å². The highest BCUT2D eigenvalue weighted by Crippen LogP contribution is 2.31. The molecule has 0 radical (unpaired) electrons. The standard InChI is InChI=1S/C27H31N7O5S/c1-31-10-8-28-24(35)11-18-13-33(25(36)17-40-21-6-3-5-20(12-21)39-2)16-23(18)34-15-19(29-30-34)14-32-9-4-7-22(26(31)37)27(32)38/h3-7,9,12,15,18,23H,8,10-11,13-14,16-17H2,1-2H3,(H,28,35)/t18-,23+/m0/s1. The van der Waals surface area contributed by atoms with Crippen molar-refractivity contribution in [2.24, 2.45) is 5.92 Å². The molecule has 210 valence electrons. The number of hydrogen-bond acceptors (Lipinski definition) is 8. The number of amides is 3. The molecule has 0 unspecified atom stereocenters. The third-order valence-corrected chi connectivity index (χ3v) is 8.19. The molecule has 2 aliphatic rings. The van der Waals surface area contributed by atoms with E-state index in [0.29, 0.717) is 18.8 Å². The van der Waals surface area contributed by atoms with Crippen LogP contribution in [0.25, 0.3) is 0 Å². The van der Waals surface area contributed by atoms with Crippen LogP contribution < -0.4 is 15.6 Å². The first-order chi connectivity index (χ1) is 19.3. The van der Waals surface area contributed by atoms with E-state index >= 15 is 0 Å². The number of thioether (sulfide) groups is 1. The molecule has 2 aromatic heterocycles. The van der Waals surface area contributed by atoms with Gasteiger partial charge < -0.3 is 24.4 Å². The van der Waals surface area contributed by atoms with E-state index in [-0.39, 0.29) is 61.1 Å². The van der Waals surface area contributed by atoms with Gasteiger partial charge in [-0.05, 0) is 30.3 Å². The van der Waals surface area contributed by atoms with Crippen molar-refractivity contribution in [3.8, 4) is 5.75 Å². The van der Waals surface area contributed by atoms with E-state index in [1.54, 1.807) is 42.2 Å². The Balaban J connectivity index is 1.36. The molecule has 5 rings (SSSR count). The molecule has 0 saturated carbocycles. The van der Waals surface area contributed by atoms with Gasteiger partial charge in [0.25, 0.3) is 11.5 Å². The van der Waals surface area contributed by atoms with Gasteiger partial charge in [-0.3, -0.25) is 19.2 Å². The number of aromatic nitrogens is 4. The lowest BCUT2D eigenvalue weighted by Gasteiger charge is -2.20. The number of benzene rings is 1. The largest absolute Gasteiger partial charge is 0.497 e. The molecule has 3 amide bonds. The second-order valence-electron chi connectivity index (χ2n) is 9.92. The molecule has 40 heavy (non-hydrogen) atoms. The predicted molar refractivity (Wildman–Crippen MR) is 147 cm³/mol. The summed E-state index contributed by atoms with van der Waals surface area (Å²) in [4.78, 5) is 56.1. The maximum atomic E-state index is 13.2. The fraction of sp³-hybridized carbons (Fsp3) is 0.407. The minimum atomic E-state index is -0.422. The van der Waals surface area contributed by atoms with Crippen LogP contribution >= 0.6 is 11.8 Å². The number of ether oxygens (including phenoxy) is 1. The van der Waals surface area contributed by atoms with Crippen molar-refractivity contribution in [1.29, 1.82) is 0 Å². The Morgan fingerprint density at radius 2 is 2.02 bits per heavy atom. The Kier molecular flexibility index (Phi) is 8.19. The number of likely N-dealkylation sites (tertiary alicyclic amines) is 1. The fourth-order valence-corrected chi connectivity index (χ4v) is 5.86. The molecule has 1 aromatic carbocycles. The number of pyridine rings is 1. The molecule has 2 atom stereocenters. The van der Waals surface area contributed by atoms with Crippen LogP contribution in [-0.4, -0.2) is 93.2 Å². The highest BCUT2D eigenvalue weighted by Gasteiger charge is 2.38. The number of methoxy groups -OCH3 is 1. The molecular weight excluding hydrogens is 534 g/mol. The van der Waals surface area contributed by atoms with Gasteiger partial charge in [0.2, 0.25) is 11.8 Å². The molecule has 0 spiro atoms. The lowest BCUT2D eigenvalue weighted by Crippen LogP contribution is -2.39. The van der Waals surface area contributed by atoms with Crippen LogP contribution in [0.4, 0.5) is 0 Å². The van der Waals surface area contributed by atoms with Crippen molar-refractivity contribution in [2.75, 3.05) is 46.1 Å². The zero-order valence-electron chi connectivity index (χ0n) is 22.4. The third-order valence-electron chi connectivity index (χ3n) is 7.21. The van der Waals surface area contributed by atoms with E-state index in [0.717, 1.165) is 10.6 Å². The number of carbonyl (C=O) groups is 3. The Morgan fingerprint density at radius 3 is 2.85 bits per heavy atom. The molecule has 13 heteroatoms. The first-order valence-electron chi connectivity index (χ1n) is 13.0. The van der Waals surface area contributed by atoms with Crippen molar-refractivity contribution in [3.63, 3.8) is 0 Å². The second kappa shape index (κ2) is 11.9. The molecule has 1 fully saturated rings.